The predicted octanol–water partition coefficient (Wildman–Crippen LogP) is 2.83. The molecule has 4 rings (SSSR count). The van der Waals surface area contributed by atoms with Gasteiger partial charge in [-0.25, -0.2) is 9.50 Å². The average molecular weight is 342 g/mol. The van der Waals surface area contributed by atoms with Gasteiger partial charge in [0.05, 0.1) is 30.7 Å². The lowest BCUT2D eigenvalue weighted by Crippen LogP contribution is -1.98. The molecule has 0 saturated carbocycles. The van der Waals surface area contributed by atoms with Crippen LogP contribution < -0.4 is 5.32 Å². The molecule has 0 aromatic carbocycles. The number of aromatic nitrogens is 5. The van der Waals surface area contributed by atoms with Crippen LogP contribution in [0.5, 0.6) is 0 Å². The Balaban J connectivity index is 1.54. The monoisotopic (exact) mass is 342 g/mol. The van der Waals surface area contributed by atoms with Gasteiger partial charge in [-0.15, -0.1) is 0 Å². The van der Waals surface area contributed by atoms with Crippen molar-refractivity contribution in [3.8, 4) is 0 Å². The van der Waals surface area contributed by atoms with Gasteiger partial charge < -0.3 is 14.8 Å². The Bertz CT molecular complexity index is 858. The van der Waals surface area contributed by atoms with E-state index in [9.17, 15) is 0 Å². The van der Waals surface area contributed by atoms with E-state index in [1.54, 1.807) is 10.7 Å². The highest BCUT2D eigenvalue weighted by Gasteiger charge is 2.25. The third-order valence-electron chi connectivity index (χ3n) is 4.28. The Hall–Kier alpha value is -2.45. The Labute approximate surface area is 145 Å². The lowest BCUT2D eigenvalue weighted by Gasteiger charge is -2.05. The second-order valence-corrected chi connectivity index (χ2v) is 6.37. The Morgan fingerprint density at radius 1 is 1.44 bits per heavy atom. The summed E-state index contributed by atoms with van der Waals surface area (Å²) in [5, 5.41) is 15.1. The van der Waals surface area contributed by atoms with Crippen molar-refractivity contribution in [1.29, 1.82) is 0 Å². The molecule has 1 aliphatic rings. The topological polar surface area (TPSA) is 89.4 Å². The van der Waals surface area contributed by atoms with Crippen molar-refractivity contribution in [3.63, 3.8) is 0 Å². The number of aromatic amines is 1. The number of nitrogens with one attached hydrogen (secondary N) is 2. The van der Waals surface area contributed by atoms with E-state index in [2.05, 4.69) is 32.5 Å². The number of fused-ring (bicyclic) bond motifs is 1. The molecular weight excluding hydrogens is 320 g/mol. The number of hydrogen-bond donors (Lipinski definition) is 2. The minimum atomic E-state index is 0.0922. The number of ether oxygens (including phenoxy) is 2. The van der Waals surface area contributed by atoms with E-state index in [1.807, 2.05) is 25.3 Å². The van der Waals surface area contributed by atoms with Crippen LogP contribution in [0.15, 0.2) is 24.5 Å². The van der Waals surface area contributed by atoms with Crippen LogP contribution in [-0.4, -0.2) is 38.0 Å². The molecule has 1 fully saturated rings. The minimum Gasteiger partial charge on any atom is -0.375 e. The van der Waals surface area contributed by atoms with E-state index in [4.69, 9.17) is 9.47 Å². The first-order valence-corrected chi connectivity index (χ1v) is 8.58. The van der Waals surface area contributed by atoms with E-state index in [0.29, 0.717) is 30.8 Å². The van der Waals surface area contributed by atoms with E-state index in [-0.39, 0.29) is 6.10 Å². The van der Waals surface area contributed by atoms with Gasteiger partial charge in [-0.3, -0.25) is 5.10 Å². The molecule has 132 valence electrons. The normalized spacial score (nSPS) is 20.4. The molecule has 3 aromatic rings. The number of anilines is 2. The Kier molecular flexibility index (Phi) is 4.37. The maximum absolute atomic E-state index is 5.78. The van der Waals surface area contributed by atoms with Gasteiger partial charge in [0, 0.05) is 25.1 Å². The van der Waals surface area contributed by atoms with Crippen LogP contribution in [0, 0.1) is 5.92 Å². The third-order valence-corrected chi connectivity index (χ3v) is 4.28. The second-order valence-electron chi connectivity index (χ2n) is 6.37. The van der Waals surface area contributed by atoms with E-state index in [0.717, 1.165) is 29.9 Å². The molecular formula is C17H22N6O2. The molecule has 2 atom stereocenters. The standard InChI is InChI=1S/C17H22N6O2/c1-3-24-10-12-7-14-17(18-4-5-23(14)22-12)19-16-8-13(20-21-16)15-6-11(2)9-25-15/h4-5,7-8,11,15H,3,6,9-10H2,1-2H3,(H2,18,19,20,21)/t11-,15-/m1/s1. The van der Waals surface area contributed by atoms with Gasteiger partial charge >= 0.3 is 0 Å². The molecule has 1 saturated heterocycles. The quantitative estimate of drug-likeness (QED) is 0.716. The predicted molar refractivity (Wildman–Crippen MR) is 92.7 cm³/mol. The van der Waals surface area contributed by atoms with Gasteiger partial charge in [-0.2, -0.15) is 10.2 Å². The number of nitrogens with zero attached hydrogens (tertiary/aromatic N) is 4. The van der Waals surface area contributed by atoms with Gasteiger partial charge in [0.15, 0.2) is 11.6 Å². The molecule has 25 heavy (non-hydrogen) atoms. The van der Waals surface area contributed by atoms with Gasteiger partial charge in [-0.1, -0.05) is 6.92 Å². The fourth-order valence-electron chi connectivity index (χ4n) is 3.03. The fraction of sp³-hybridized carbons (Fsp3) is 0.471. The van der Waals surface area contributed by atoms with Crippen molar-refractivity contribution in [2.75, 3.05) is 18.5 Å². The number of H-pyrrole nitrogens is 1. The summed E-state index contributed by atoms with van der Waals surface area (Å²) in [6.07, 6.45) is 4.63. The third kappa shape index (κ3) is 3.35. The zero-order valence-corrected chi connectivity index (χ0v) is 14.4. The second kappa shape index (κ2) is 6.81. The van der Waals surface area contributed by atoms with Crippen molar-refractivity contribution in [1.82, 2.24) is 24.8 Å². The highest BCUT2D eigenvalue weighted by atomic mass is 16.5. The molecule has 2 N–H and O–H groups in total. The van der Waals surface area contributed by atoms with Crippen LogP contribution in [-0.2, 0) is 16.1 Å². The van der Waals surface area contributed by atoms with Crippen LogP contribution >= 0.6 is 0 Å². The largest absolute Gasteiger partial charge is 0.375 e. The van der Waals surface area contributed by atoms with Gasteiger partial charge in [0.2, 0.25) is 0 Å². The fourth-order valence-corrected chi connectivity index (χ4v) is 3.03. The van der Waals surface area contributed by atoms with Crippen molar-refractivity contribution in [2.45, 2.75) is 33.0 Å². The summed E-state index contributed by atoms with van der Waals surface area (Å²) < 4.78 is 13.0. The van der Waals surface area contributed by atoms with Crippen LogP contribution in [0.1, 0.15) is 37.8 Å². The molecule has 0 spiro atoms. The summed E-state index contributed by atoms with van der Waals surface area (Å²) in [7, 11) is 0. The van der Waals surface area contributed by atoms with Crippen LogP contribution in [0.2, 0.25) is 0 Å². The van der Waals surface area contributed by atoms with E-state index >= 15 is 0 Å². The lowest BCUT2D eigenvalue weighted by molar-refractivity contribution is 0.105. The molecule has 0 amide bonds. The molecule has 0 radical (unpaired) electrons. The first kappa shape index (κ1) is 16.0. The summed E-state index contributed by atoms with van der Waals surface area (Å²) >= 11 is 0. The van der Waals surface area contributed by atoms with E-state index in [1.165, 1.54) is 0 Å². The summed E-state index contributed by atoms with van der Waals surface area (Å²) in [4.78, 5) is 4.42. The SMILES string of the molecule is CCOCc1cc2c(Nc3cc([C@H]4C[C@@H](C)CO4)[nH]n3)nccn2n1. The maximum atomic E-state index is 5.78. The average Bonchev–Trinajstić information content (AvgIpc) is 3.32. The lowest BCUT2D eigenvalue weighted by atomic mass is 10.1. The summed E-state index contributed by atoms with van der Waals surface area (Å²) in [6.45, 7) is 6.11. The van der Waals surface area contributed by atoms with Crippen molar-refractivity contribution < 1.29 is 9.47 Å². The molecule has 0 unspecified atom stereocenters. The zero-order chi connectivity index (χ0) is 17.2. The van der Waals surface area contributed by atoms with E-state index < -0.39 is 0 Å². The van der Waals surface area contributed by atoms with Gasteiger partial charge in [-0.05, 0) is 25.3 Å². The number of hydrogen-bond acceptors (Lipinski definition) is 6. The van der Waals surface area contributed by atoms with Crippen molar-refractivity contribution in [2.24, 2.45) is 5.92 Å². The van der Waals surface area contributed by atoms with Crippen LogP contribution in [0.3, 0.4) is 0 Å². The van der Waals surface area contributed by atoms with Crippen LogP contribution in [0.4, 0.5) is 11.6 Å². The first-order chi connectivity index (χ1) is 12.2. The van der Waals surface area contributed by atoms with Gasteiger partial charge in [0.25, 0.3) is 0 Å². The molecule has 0 bridgehead atoms. The molecule has 3 aromatic heterocycles. The Morgan fingerprint density at radius 3 is 3.16 bits per heavy atom. The van der Waals surface area contributed by atoms with Gasteiger partial charge in [0.1, 0.15) is 5.52 Å². The summed E-state index contributed by atoms with van der Waals surface area (Å²) in [6, 6.07) is 3.95. The van der Waals surface area contributed by atoms with Crippen molar-refractivity contribution in [3.05, 3.63) is 35.9 Å². The molecule has 8 nitrogen and oxygen atoms in total. The molecule has 1 aliphatic heterocycles. The molecule has 4 heterocycles. The molecule has 8 heteroatoms. The summed E-state index contributed by atoms with van der Waals surface area (Å²) in [5.74, 6) is 2.00. The highest BCUT2D eigenvalue weighted by Crippen LogP contribution is 2.32. The zero-order valence-electron chi connectivity index (χ0n) is 14.4. The Morgan fingerprint density at radius 2 is 2.36 bits per heavy atom. The summed E-state index contributed by atoms with van der Waals surface area (Å²) in [5.41, 5.74) is 2.74. The first-order valence-electron chi connectivity index (χ1n) is 8.58. The smallest absolute Gasteiger partial charge is 0.157 e. The highest BCUT2D eigenvalue weighted by molar-refractivity contribution is 5.72. The minimum absolute atomic E-state index is 0.0922. The van der Waals surface area contributed by atoms with Crippen molar-refractivity contribution >= 4 is 17.2 Å². The maximum Gasteiger partial charge on any atom is 0.157 e. The van der Waals surface area contributed by atoms with Crippen LogP contribution in [0.25, 0.3) is 5.52 Å². The molecule has 0 aliphatic carbocycles. The number of rotatable bonds is 6.